The van der Waals surface area contributed by atoms with Crippen LogP contribution in [0.15, 0.2) is 0 Å². The lowest BCUT2D eigenvalue weighted by Gasteiger charge is -2.60. The zero-order valence-corrected chi connectivity index (χ0v) is 10.0. The number of hydrogen-bond acceptors (Lipinski definition) is 1. The molecule has 1 heteroatoms. The van der Waals surface area contributed by atoms with Crippen LogP contribution in [0, 0.1) is 16.7 Å². The first-order valence-corrected chi connectivity index (χ1v) is 6.34. The van der Waals surface area contributed by atoms with E-state index >= 15 is 0 Å². The third kappa shape index (κ3) is 1.41. The summed E-state index contributed by atoms with van der Waals surface area (Å²) in [4.78, 5) is 0. The topological polar surface area (TPSA) is 12.0 Å². The van der Waals surface area contributed by atoms with Crippen molar-refractivity contribution in [3.8, 4) is 0 Å². The quantitative estimate of drug-likeness (QED) is 0.729. The second kappa shape index (κ2) is 3.52. The third-order valence-corrected chi connectivity index (χ3v) is 5.10. The van der Waals surface area contributed by atoms with Gasteiger partial charge in [0.05, 0.1) is 0 Å². The molecule has 0 spiro atoms. The Balaban J connectivity index is 2.05. The van der Waals surface area contributed by atoms with Gasteiger partial charge in [-0.05, 0) is 42.6 Å². The summed E-state index contributed by atoms with van der Waals surface area (Å²) in [6, 6.07) is 0. The predicted molar refractivity (Wildman–Crippen MR) is 61.3 cm³/mol. The third-order valence-electron chi connectivity index (χ3n) is 5.10. The first-order valence-electron chi connectivity index (χ1n) is 6.34. The fourth-order valence-electron chi connectivity index (χ4n) is 3.87. The van der Waals surface area contributed by atoms with Crippen LogP contribution in [0.5, 0.6) is 0 Å². The molecule has 3 atom stereocenters. The van der Waals surface area contributed by atoms with Gasteiger partial charge in [-0.3, -0.25) is 0 Å². The maximum absolute atomic E-state index is 3.64. The molecule has 3 fully saturated rings. The molecule has 1 N–H and O–H groups in total. The van der Waals surface area contributed by atoms with E-state index in [1.165, 1.54) is 45.2 Å². The molecule has 0 aromatic rings. The van der Waals surface area contributed by atoms with Crippen molar-refractivity contribution in [2.24, 2.45) is 16.7 Å². The fraction of sp³-hybridized carbons (Fsp3) is 1.00. The minimum atomic E-state index is 0.664. The van der Waals surface area contributed by atoms with E-state index in [-0.39, 0.29) is 0 Å². The van der Waals surface area contributed by atoms with Crippen LogP contribution in [0.1, 0.15) is 52.9 Å². The summed E-state index contributed by atoms with van der Waals surface area (Å²) in [6.45, 7) is 9.82. The summed E-state index contributed by atoms with van der Waals surface area (Å²) < 4.78 is 0. The Morgan fingerprint density at radius 2 is 2.21 bits per heavy atom. The number of nitrogens with one attached hydrogen (secondary N) is 1. The van der Waals surface area contributed by atoms with Crippen LogP contribution < -0.4 is 5.32 Å². The molecule has 1 nitrogen and oxygen atoms in total. The Kier molecular flexibility index (Phi) is 2.63. The van der Waals surface area contributed by atoms with Crippen LogP contribution in [0.4, 0.5) is 0 Å². The lowest BCUT2D eigenvalue weighted by atomic mass is 9.45. The molecule has 2 heterocycles. The Bertz CT molecular complexity index is 213. The van der Waals surface area contributed by atoms with Crippen molar-refractivity contribution in [3.05, 3.63) is 0 Å². The summed E-state index contributed by atoms with van der Waals surface area (Å²) in [5.41, 5.74) is 1.33. The highest BCUT2D eigenvalue weighted by Crippen LogP contribution is 2.63. The Morgan fingerprint density at radius 3 is 2.86 bits per heavy atom. The fourth-order valence-corrected chi connectivity index (χ4v) is 3.87. The first-order chi connectivity index (χ1) is 6.63. The van der Waals surface area contributed by atoms with E-state index in [9.17, 15) is 0 Å². The molecule has 2 bridgehead atoms. The lowest BCUT2D eigenvalue weighted by molar-refractivity contribution is -0.0994. The van der Waals surface area contributed by atoms with Gasteiger partial charge in [0.1, 0.15) is 0 Å². The molecule has 0 radical (unpaired) electrons. The van der Waals surface area contributed by atoms with Crippen molar-refractivity contribution >= 4 is 0 Å². The van der Waals surface area contributed by atoms with Crippen LogP contribution in [-0.2, 0) is 0 Å². The zero-order valence-electron chi connectivity index (χ0n) is 10.0. The SMILES string of the molecule is CCCCC12CNCCC(C)(C1)C2C. The molecule has 2 saturated heterocycles. The molecule has 1 saturated carbocycles. The summed E-state index contributed by atoms with van der Waals surface area (Å²) in [7, 11) is 0. The average molecular weight is 195 g/mol. The molecule has 3 unspecified atom stereocenters. The van der Waals surface area contributed by atoms with Gasteiger partial charge in [-0.1, -0.05) is 33.6 Å². The van der Waals surface area contributed by atoms with Gasteiger partial charge in [-0.2, -0.15) is 0 Å². The van der Waals surface area contributed by atoms with Gasteiger partial charge in [0.2, 0.25) is 0 Å². The summed E-state index contributed by atoms with van der Waals surface area (Å²) in [5, 5.41) is 3.64. The average Bonchev–Trinajstić information content (AvgIpc) is 2.42. The van der Waals surface area contributed by atoms with Gasteiger partial charge in [-0.15, -0.1) is 0 Å². The molecule has 3 rings (SSSR count). The Labute approximate surface area is 88.7 Å². The highest BCUT2D eigenvalue weighted by molar-refractivity contribution is 5.09. The standard InChI is InChI=1S/C13H25N/c1-4-5-6-13-9-12(3,11(13)2)7-8-14-10-13/h11,14H,4-10H2,1-3H3. The maximum atomic E-state index is 3.64. The smallest absolute Gasteiger partial charge is 0.00108 e. The van der Waals surface area contributed by atoms with Gasteiger partial charge in [0.25, 0.3) is 0 Å². The van der Waals surface area contributed by atoms with Crippen LogP contribution in [0.3, 0.4) is 0 Å². The number of rotatable bonds is 3. The van der Waals surface area contributed by atoms with Crippen molar-refractivity contribution in [2.45, 2.75) is 52.9 Å². The van der Waals surface area contributed by atoms with Crippen molar-refractivity contribution < 1.29 is 0 Å². The second-order valence-corrected chi connectivity index (χ2v) is 5.95. The van der Waals surface area contributed by atoms with E-state index in [2.05, 4.69) is 26.1 Å². The molecule has 0 amide bonds. The Hall–Kier alpha value is -0.0400. The number of hydrogen-bond donors (Lipinski definition) is 1. The van der Waals surface area contributed by atoms with Gasteiger partial charge in [0, 0.05) is 6.54 Å². The largest absolute Gasteiger partial charge is 0.316 e. The van der Waals surface area contributed by atoms with Crippen LogP contribution in [0.2, 0.25) is 0 Å². The molecular formula is C13H25N. The van der Waals surface area contributed by atoms with E-state index in [1.54, 1.807) is 0 Å². The number of fused-ring (bicyclic) bond motifs is 3. The maximum Gasteiger partial charge on any atom is 0.00108 e. The molecule has 0 aromatic heterocycles. The van der Waals surface area contributed by atoms with Crippen molar-refractivity contribution in [2.75, 3.05) is 13.1 Å². The van der Waals surface area contributed by atoms with E-state index in [1.807, 2.05) is 0 Å². The van der Waals surface area contributed by atoms with Crippen molar-refractivity contribution in [1.82, 2.24) is 5.32 Å². The molecule has 0 aromatic carbocycles. The molecular weight excluding hydrogens is 170 g/mol. The van der Waals surface area contributed by atoms with Crippen molar-refractivity contribution in [1.29, 1.82) is 0 Å². The second-order valence-electron chi connectivity index (χ2n) is 5.95. The van der Waals surface area contributed by atoms with Gasteiger partial charge in [-0.25, -0.2) is 0 Å². The minimum Gasteiger partial charge on any atom is -0.316 e. The number of unbranched alkanes of at least 4 members (excludes halogenated alkanes) is 1. The monoisotopic (exact) mass is 195 g/mol. The van der Waals surface area contributed by atoms with E-state index in [0.717, 1.165) is 5.92 Å². The lowest BCUT2D eigenvalue weighted by Crippen LogP contribution is -2.54. The minimum absolute atomic E-state index is 0.664. The van der Waals surface area contributed by atoms with Crippen LogP contribution in [0.25, 0.3) is 0 Å². The van der Waals surface area contributed by atoms with Gasteiger partial charge < -0.3 is 5.32 Å². The highest BCUT2D eigenvalue weighted by Gasteiger charge is 2.58. The molecule has 1 aliphatic carbocycles. The van der Waals surface area contributed by atoms with Crippen LogP contribution >= 0.6 is 0 Å². The van der Waals surface area contributed by atoms with Crippen molar-refractivity contribution in [3.63, 3.8) is 0 Å². The van der Waals surface area contributed by atoms with E-state index in [0.29, 0.717) is 10.8 Å². The molecule has 82 valence electrons. The summed E-state index contributed by atoms with van der Waals surface area (Å²) >= 11 is 0. The molecule has 2 aliphatic heterocycles. The van der Waals surface area contributed by atoms with Crippen LogP contribution in [-0.4, -0.2) is 13.1 Å². The normalized spacial score (nSPS) is 46.9. The zero-order chi connectivity index (χ0) is 10.2. The van der Waals surface area contributed by atoms with Gasteiger partial charge >= 0.3 is 0 Å². The Morgan fingerprint density at radius 1 is 1.43 bits per heavy atom. The molecule has 3 aliphatic rings. The molecule has 14 heavy (non-hydrogen) atoms. The van der Waals surface area contributed by atoms with Gasteiger partial charge in [0.15, 0.2) is 0 Å². The van der Waals surface area contributed by atoms with E-state index in [4.69, 9.17) is 0 Å². The van der Waals surface area contributed by atoms with E-state index < -0.39 is 0 Å². The predicted octanol–water partition coefficient (Wildman–Crippen LogP) is 3.20. The summed E-state index contributed by atoms with van der Waals surface area (Å²) in [5.74, 6) is 0.941. The highest BCUT2D eigenvalue weighted by atomic mass is 14.9. The first kappa shape index (κ1) is 10.5. The summed E-state index contributed by atoms with van der Waals surface area (Å²) in [6.07, 6.45) is 7.09.